The third-order valence-corrected chi connectivity index (χ3v) is 2.10. The van der Waals surface area contributed by atoms with Gasteiger partial charge >= 0.3 is 0 Å². The van der Waals surface area contributed by atoms with Crippen molar-refractivity contribution >= 4 is 0 Å². The third-order valence-electron chi connectivity index (χ3n) is 2.10. The molecule has 0 aliphatic carbocycles. The average Bonchev–Trinajstić information content (AvgIpc) is 2.23. The molecule has 1 unspecified atom stereocenters. The van der Waals surface area contributed by atoms with E-state index in [1.807, 2.05) is 19.3 Å². The van der Waals surface area contributed by atoms with Crippen LogP contribution in [-0.2, 0) is 11.2 Å². The van der Waals surface area contributed by atoms with E-state index in [9.17, 15) is 0 Å². The Kier molecular flexibility index (Phi) is 4.49. The first kappa shape index (κ1) is 11.1. The van der Waals surface area contributed by atoms with E-state index < -0.39 is 0 Å². The highest BCUT2D eigenvalue weighted by molar-refractivity contribution is 5.06. The van der Waals surface area contributed by atoms with Crippen LogP contribution in [0.15, 0.2) is 12.4 Å². The number of nitrogens with zero attached hydrogens (tertiary/aromatic N) is 2. The van der Waals surface area contributed by atoms with Crippen molar-refractivity contribution in [3.63, 3.8) is 0 Å². The molecule has 0 aliphatic rings. The summed E-state index contributed by atoms with van der Waals surface area (Å²) in [6.45, 7) is 2.68. The normalized spacial score (nSPS) is 12.8. The number of nitrogens with two attached hydrogens (primary N) is 1. The van der Waals surface area contributed by atoms with Gasteiger partial charge in [0, 0.05) is 19.5 Å². The topological polar surface area (TPSA) is 61.0 Å². The zero-order chi connectivity index (χ0) is 10.4. The second-order valence-electron chi connectivity index (χ2n) is 3.12. The molecule has 1 aromatic heterocycles. The Bertz CT molecular complexity index is 257. The summed E-state index contributed by atoms with van der Waals surface area (Å²) in [5, 5.41) is 0. The number of rotatable bonds is 5. The predicted octanol–water partition coefficient (Wildman–Crippen LogP) is 1.08. The van der Waals surface area contributed by atoms with Crippen molar-refractivity contribution in [3.05, 3.63) is 23.8 Å². The van der Waals surface area contributed by atoms with Crippen LogP contribution in [-0.4, -0.2) is 23.6 Å². The van der Waals surface area contributed by atoms with Crippen LogP contribution in [0, 0.1) is 0 Å². The fourth-order valence-corrected chi connectivity index (χ4v) is 1.28. The van der Waals surface area contributed by atoms with Gasteiger partial charge in [-0.1, -0.05) is 6.92 Å². The molecule has 1 atom stereocenters. The first-order valence-corrected chi connectivity index (χ1v) is 4.85. The summed E-state index contributed by atoms with van der Waals surface area (Å²) in [7, 11) is 1.67. The molecule has 1 rings (SSSR count). The number of hydrogen-bond donors (Lipinski definition) is 1. The number of hydrogen-bond acceptors (Lipinski definition) is 4. The quantitative estimate of drug-likeness (QED) is 0.763. The van der Waals surface area contributed by atoms with Gasteiger partial charge in [-0.05, 0) is 24.9 Å². The molecule has 0 amide bonds. The Balaban J connectivity index is 2.71. The lowest BCUT2D eigenvalue weighted by Crippen LogP contribution is -2.08. The van der Waals surface area contributed by atoms with E-state index in [2.05, 4.69) is 9.97 Å². The van der Waals surface area contributed by atoms with Crippen molar-refractivity contribution in [2.75, 3.05) is 13.7 Å². The summed E-state index contributed by atoms with van der Waals surface area (Å²) in [4.78, 5) is 8.50. The molecule has 0 saturated heterocycles. The van der Waals surface area contributed by atoms with Gasteiger partial charge in [0.15, 0.2) is 5.82 Å². The summed E-state index contributed by atoms with van der Waals surface area (Å²) in [6.07, 6.45) is 5.34. The summed E-state index contributed by atoms with van der Waals surface area (Å²) in [5.74, 6) is 0.746. The second kappa shape index (κ2) is 5.67. The van der Waals surface area contributed by atoms with E-state index in [1.165, 1.54) is 0 Å². The highest BCUT2D eigenvalue weighted by atomic mass is 16.5. The van der Waals surface area contributed by atoms with Crippen molar-refractivity contribution < 1.29 is 4.74 Å². The Labute approximate surface area is 84.5 Å². The largest absolute Gasteiger partial charge is 0.373 e. The van der Waals surface area contributed by atoms with Crippen LogP contribution in [0.4, 0.5) is 0 Å². The molecule has 0 radical (unpaired) electrons. The molecular formula is C10H17N3O. The maximum atomic E-state index is 5.43. The summed E-state index contributed by atoms with van der Waals surface area (Å²) in [6, 6.07) is 0. The van der Waals surface area contributed by atoms with Gasteiger partial charge in [0.2, 0.25) is 0 Å². The SMILES string of the molecule is CCC(OC)c1ncc(CCN)cn1. The lowest BCUT2D eigenvalue weighted by molar-refractivity contribution is 0.0925. The molecule has 4 nitrogen and oxygen atoms in total. The minimum Gasteiger partial charge on any atom is -0.373 e. The average molecular weight is 195 g/mol. The molecule has 0 aliphatic heterocycles. The van der Waals surface area contributed by atoms with Crippen LogP contribution in [0.5, 0.6) is 0 Å². The third kappa shape index (κ3) is 2.75. The van der Waals surface area contributed by atoms with Crippen molar-refractivity contribution in [1.82, 2.24) is 9.97 Å². The Morgan fingerprint density at radius 1 is 1.43 bits per heavy atom. The van der Waals surface area contributed by atoms with Gasteiger partial charge in [0.1, 0.15) is 6.10 Å². The number of aromatic nitrogens is 2. The Morgan fingerprint density at radius 2 is 2.07 bits per heavy atom. The molecule has 0 aromatic carbocycles. The fraction of sp³-hybridized carbons (Fsp3) is 0.600. The fourth-order valence-electron chi connectivity index (χ4n) is 1.28. The monoisotopic (exact) mass is 195 g/mol. The van der Waals surface area contributed by atoms with E-state index in [1.54, 1.807) is 7.11 Å². The highest BCUT2D eigenvalue weighted by Crippen LogP contribution is 2.15. The number of methoxy groups -OCH3 is 1. The second-order valence-corrected chi connectivity index (χ2v) is 3.12. The van der Waals surface area contributed by atoms with E-state index in [4.69, 9.17) is 10.5 Å². The van der Waals surface area contributed by atoms with Crippen LogP contribution in [0.2, 0.25) is 0 Å². The molecule has 4 heteroatoms. The van der Waals surface area contributed by atoms with Gasteiger partial charge in [0.05, 0.1) is 0 Å². The maximum Gasteiger partial charge on any atom is 0.157 e. The van der Waals surface area contributed by atoms with Gasteiger partial charge in [-0.25, -0.2) is 9.97 Å². The summed E-state index contributed by atoms with van der Waals surface area (Å²) < 4.78 is 5.24. The molecule has 0 bridgehead atoms. The standard InChI is InChI=1S/C10H17N3O/c1-3-9(14-2)10-12-6-8(4-5-11)7-13-10/h6-7,9H,3-5,11H2,1-2H3. The van der Waals surface area contributed by atoms with Crippen LogP contribution in [0.3, 0.4) is 0 Å². The first-order valence-electron chi connectivity index (χ1n) is 4.85. The summed E-state index contributed by atoms with van der Waals surface area (Å²) >= 11 is 0. The molecule has 1 heterocycles. The van der Waals surface area contributed by atoms with E-state index >= 15 is 0 Å². The predicted molar refractivity (Wildman–Crippen MR) is 54.8 cm³/mol. The van der Waals surface area contributed by atoms with E-state index in [0.29, 0.717) is 6.54 Å². The minimum atomic E-state index is 0.00178. The van der Waals surface area contributed by atoms with Crippen molar-refractivity contribution in [3.8, 4) is 0 Å². The van der Waals surface area contributed by atoms with Crippen LogP contribution < -0.4 is 5.73 Å². The molecule has 78 valence electrons. The highest BCUT2D eigenvalue weighted by Gasteiger charge is 2.10. The first-order chi connectivity index (χ1) is 6.81. The van der Waals surface area contributed by atoms with Gasteiger partial charge in [-0.3, -0.25) is 0 Å². The molecule has 2 N–H and O–H groups in total. The molecule has 1 aromatic rings. The van der Waals surface area contributed by atoms with Crippen molar-refractivity contribution in [2.45, 2.75) is 25.9 Å². The lowest BCUT2D eigenvalue weighted by Gasteiger charge is -2.10. The Morgan fingerprint density at radius 3 is 2.50 bits per heavy atom. The molecule has 0 saturated carbocycles. The number of ether oxygens (including phenoxy) is 1. The molecule has 0 fully saturated rings. The van der Waals surface area contributed by atoms with Crippen LogP contribution >= 0.6 is 0 Å². The van der Waals surface area contributed by atoms with Crippen LogP contribution in [0.25, 0.3) is 0 Å². The molecule has 0 spiro atoms. The zero-order valence-corrected chi connectivity index (χ0v) is 8.73. The molecule has 14 heavy (non-hydrogen) atoms. The van der Waals surface area contributed by atoms with Crippen molar-refractivity contribution in [2.24, 2.45) is 5.73 Å². The smallest absolute Gasteiger partial charge is 0.157 e. The van der Waals surface area contributed by atoms with Crippen LogP contribution in [0.1, 0.15) is 30.8 Å². The van der Waals surface area contributed by atoms with Gasteiger partial charge in [0.25, 0.3) is 0 Å². The molecular weight excluding hydrogens is 178 g/mol. The van der Waals surface area contributed by atoms with E-state index in [-0.39, 0.29) is 6.10 Å². The zero-order valence-electron chi connectivity index (χ0n) is 8.73. The Hall–Kier alpha value is -1.00. The maximum absolute atomic E-state index is 5.43. The van der Waals surface area contributed by atoms with Crippen molar-refractivity contribution in [1.29, 1.82) is 0 Å². The van der Waals surface area contributed by atoms with Gasteiger partial charge in [-0.15, -0.1) is 0 Å². The summed E-state index contributed by atoms with van der Waals surface area (Å²) in [5.41, 5.74) is 6.50. The minimum absolute atomic E-state index is 0.00178. The van der Waals surface area contributed by atoms with Gasteiger partial charge in [-0.2, -0.15) is 0 Å². The van der Waals surface area contributed by atoms with Gasteiger partial charge < -0.3 is 10.5 Å². The van der Waals surface area contributed by atoms with E-state index in [0.717, 1.165) is 24.2 Å². The lowest BCUT2D eigenvalue weighted by atomic mass is 10.2.